The molecular formula is C70H131NO8P+. The minimum absolute atomic E-state index is 0.00848. The van der Waals surface area contributed by atoms with Crippen LogP contribution in [0.3, 0.4) is 0 Å². The van der Waals surface area contributed by atoms with Gasteiger partial charge in [0.25, 0.3) is 0 Å². The normalized spacial score (nSPS) is 13.5. The summed E-state index contributed by atoms with van der Waals surface area (Å²) >= 11 is 0. The SMILES string of the molecule is CC/C=C\C/C=C\C/C=C\C/C=C\C/C=C\CC(=O)OC(COC(=O)CCCCCCCCCCCCCCCCCCCCCCCCCCCCCCCCCCCCCCCCCCC)COP(=O)(O)OCC[N+](C)(C)C. The third-order valence-corrected chi connectivity index (χ3v) is 16.1. The first kappa shape index (κ1) is 77.7. The number of quaternary nitrogens is 1. The molecule has 0 spiro atoms. The van der Waals surface area contributed by atoms with Crippen LogP contribution in [0.1, 0.15) is 322 Å². The number of ether oxygens (including phenoxy) is 2. The highest BCUT2D eigenvalue weighted by Crippen LogP contribution is 2.43. The molecule has 0 bridgehead atoms. The number of likely N-dealkylation sites (N-methyl/N-ethyl adjacent to an activating group) is 1. The summed E-state index contributed by atoms with van der Waals surface area (Å²) in [5, 5.41) is 0. The van der Waals surface area contributed by atoms with Gasteiger partial charge in [-0.3, -0.25) is 18.6 Å². The lowest BCUT2D eigenvalue weighted by Gasteiger charge is -2.24. The Morgan fingerprint density at radius 1 is 0.400 bits per heavy atom. The van der Waals surface area contributed by atoms with Crippen molar-refractivity contribution in [2.24, 2.45) is 0 Å². The molecule has 0 rings (SSSR count). The second kappa shape index (κ2) is 61.3. The highest BCUT2D eigenvalue weighted by Gasteiger charge is 2.27. The van der Waals surface area contributed by atoms with E-state index in [0.29, 0.717) is 17.4 Å². The number of allylic oxidation sites excluding steroid dienone is 9. The lowest BCUT2D eigenvalue weighted by Crippen LogP contribution is -2.37. The summed E-state index contributed by atoms with van der Waals surface area (Å²) in [7, 11) is 1.43. The van der Waals surface area contributed by atoms with Crippen molar-refractivity contribution in [2.75, 3.05) is 47.5 Å². The number of phosphoric ester groups is 1. The smallest absolute Gasteiger partial charge is 0.462 e. The fourth-order valence-electron chi connectivity index (χ4n) is 9.92. The molecule has 0 aromatic heterocycles. The fraction of sp³-hybridized carbons (Fsp3) is 0.829. The fourth-order valence-corrected chi connectivity index (χ4v) is 10.7. The van der Waals surface area contributed by atoms with Gasteiger partial charge in [0.15, 0.2) is 6.10 Å². The van der Waals surface area contributed by atoms with Crippen molar-refractivity contribution in [3.63, 3.8) is 0 Å². The van der Waals surface area contributed by atoms with Gasteiger partial charge in [0, 0.05) is 6.42 Å². The van der Waals surface area contributed by atoms with Crippen molar-refractivity contribution in [2.45, 2.75) is 328 Å². The number of phosphoric acid groups is 1. The van der Waals surface area contributed by atoms with Gasteiger partial charge in [0.2, 0.25) is 0 Å². The summed E-state index contributed by atoms with van der Waals surface area (Å²) in [5.74, 6) is -0.936. The van der Waals surface area contributed by atoms with Gasteiger partial charge in [-0.05, 0) is 38.5 Å². The molecule has 0 aliphatic carbocycles. The van der Waals surface area contributed by atoms with E-state index in [2.05, 4.69) is 56.4 Å². The number of hydrogen-bond donors (Lipinski definition) is 1. The maximum atomic E-state index is 12.7. The van der Waals surface area contributed by atoms with Crippen LogP contribution < -0.4 is 0 Å². The van der Waals surface area contributed by atoms with Gasteiger partial charge in [0.1, 0.15) is 19.8 Å². The van der Waals surface area contributed by atoms with Crippen molar-refractivity contribution < 1.29 is 42.1 Å². The van der Waals surface area contributed by atoms with E-state index in [4.69, 9.17) is 18.5 Å². The van der Waals surface area contributed by atoms with Gasteiger partial charge < -0.3 is 18.9 Å². The van der Waals surface area contributed by atoms with Gasteiger partial charge in [-0.2, -0.15) is 0 Å². The van der Waals surface area contributed by atoms with E-state index in [-0.39, 0.29) is 32.0 Å². The number of carbonyl (C=O) groups excluding carboxylic acids is 2. The van der Waals surface area contributed by atoms with Crippen molar-refractivity contribution >= 4 is 19.8 Å². The molecule has 0 saturated carbocycles. The molecule has 0 aromatic rings. The molecule has 0 aliphatic heterocycles. The molecule has 0 amide bonds. The van der Waals surface area contributed by atoms with Crippen LogP contribution in [0.4, 0.5) is 0 Å². The third-order valence-electron chi connectivity index (χ3n) is 15.1. The summed E-state index contributed by atoms with van der Waals surface area (Å²) in [6.45, 7) is 4.24. The van der Waals surface area contributed by atoms with Gasteiger partial charge in [-0.15, -0.1) is 0 Å². The minimum atomic E-state index is -4.41. The zero-order valence-electron chi connectivity index (χ0n) is 53.3. The first-order valence-corrected chi connectivity index (χ1v) is 35.5. The van der Waals surface area contributed by atoms with Crippen LogP contribution in [-0.4, -0.2) is 74.9 Å². The molecule has 2 unspecified atom stereocenters. The molecule has 9 nitrogen and oxygen atoms in total. The zero-order valence-corrected chi connectivity index (χ0v) is 54.2. The number of rotatable bonds is 63. The molecule has 0 fully saturated rings. The van der Waals surface area contributed by atoms with Crippen LogP contribution in [0.2, 0.25) is 0 Å². The lowest BCUT2D eigenvalue weighted by atomic mass is 10.0. The van der Waals surface area contributed by atoms with Crippen LogP contribution in [0, 0.1) is 0 Å². The Balaban J connectivity index is 3.85. The molecule has 0 radical (unpaired) electrons. The van der Waals surface area contributed by atoms with Gasteiger partial charge in [-0.25, -0.2) is 4.57 Å². The molecule has 0 heterocycles. The van der Waals surface area contributed by atoms with Crippen molar-refractivity contribution in [3.8, 4) is 0 Å². The molecule has 0 saturated heterocycles. The first-order valence-electron chi connectivity index (χ1n) is 34.0. The average Bonchev–Trinajstić information content (AvgIpc) is 3.42. The van der Waals surface area contributed by atoms with Crippen molar-refractivity contribution in [3.05, 3.63) is 60.8 Å². The number of carbonyl (C=O) groups is 2. The third kappa shape index (κ3) is 64.9. The molecule has 468 valence electrons. The summed E-state index contributed by atoms with van der Waals surface area (Å²) in [5.41, 5.74) is 0. The molecule has 2 atom stereocenters. The zero-order chi connectivity index (χ0) is 58.4. The Bertz CT molecular complexity index is 1530. The summed E-state index contributed by atoms with van der Waals surface area (Å²) in [6.07, 6.45) is 81.2. The molecule has 1 N–H and O–H groups in total. The number of hydrogen-bond acceptors (Lipinski definition) is 7. The Hall–Kier alpha value is -2.29. The monoisotopic (exact) mass is 1140 g/mol. The second-order valence-electron chi connectivity index (χ2n) is 24.2. The van der Waals surface area contributed by atoms with E-state index in [1.807, 2.05) is 33.3 Å². The van der Waals surface area contributed by atoms with Crippen LogP contribution in [0.25, 0.3) is 0 Å². The maximum absolute atomic E-state index is 12.7. The lowest BCUT2D eigenvalue weighted by molar-refractivity contribution is -0.870. The number of unbranched alkanes of at least 4 members (excludes halogenated alkanes) is 40. The second-order valence-corrected chi connectivity index (χ2v) is 25.7. The molecule has 0 aromatic carbocycles. The van der Waals surface area contributed by atoms with E-state index in [9.17, 15) is 19.0 Å². The largest absolute Gasteiger partial charge is 0.472 e. The summed E-state index contributed by atoms with van der Waals surface area (Å²) < 4.78 is 34.4. The Morgan fingerprint density at radius 3 is 1.01 bits per heavy atom. The predicted molar refractivity (Wildman–Crippen MR) is 344 cm³/mol. The molecule has 80 heavy (non-hydrogen) atoms. The van der Waals surface area contributed by atoms with Gasteiger partial charge >= 0.3 is 19.8 Å². The van der Waals surface area contributed by atoms with E-state index in [1.54, 1.807) is 6.08 Å². The standard InChI is InChI=1S/C70H130NO8P/c1-6-8-10-12-14-16-18-20-22-23-24-25-26-27-28-29-30-31-32-33-34-35-36-37-38-39-40-41-42-43-44-45-46-47-49-50-52-54-56-58-60-62-69(72)76-66-68(67-78-80(74,75)77-65-64-71(3,4)5)79-70(73)63-61-59-57-55-53-51-48-21-19-17-15-13-11-9-7-2/h9,11,15,17,21,48,53,55,59,61,68H,6-8,10,12-14,16,18-20,22-47,49-52,54,56-58,60,62-67H2,1-5H3/p+1/b11-9-,17-15-,48-21-,55-53-,61-59-. The number of nitrogens with zero attached hydrogens (tertiary/aromatic N) is 1. The van der Waals surface area contributed by atoms with Crippen LogP contribution in [-0.2, 0) is 32.7 Å². The van der Waals surface area contributed by atoms with Crippen molar-refractivity contribution in [1.82, 2.24) is 0 Å². The number of esters is 2. The summed E-state index contributed by atoms with van der Waals surface area (Å²) in [4.78, 5) is 35.6. The van der Waals surface area contributed by atoms with Gasteiger partial charge in [0.05, 0.1) is 34.2 Å². The van der Waals surface area contributed by atoms with E-state index in [1.165, 1.54) is 244 Å². The Labute approximate surface area is 496 Å². The van der Waals surface area contributed by atoms with E-state index in [0.717, 1.165) is 44.9 Å². The maximum Gasteiger partial charge on any atom is 0.472 e. The average molecular weight is 1150 g/mol. The molecule has 0 aliphatic rings. The van der Waals surface area contributed by atoms with E-state index < -0.39 is 26.5 Å². The quantitative estimate of drug-likeness (QED) is 0.0211. The highest BCUT2D eigenvalue weighted by atomic mass is 31.2. The highest BCUT2D eigenvalue weighted by molar-refractivity contribution is 7.47. The Morgan fingerprint density at radius 2 is 0.700 bits per heavy atom. The van der Waals surface area contributed by atoms with E-state index >= 15 is 0 Å². The molecule has 10 heteroatoms. The first-order chi connectivity index (χ1) is 39.0. The van der Waals surface area contributed by atoms with Crippen LogP contribution in [0.15, 0.2) is 60.8 Å². The molecular weight excluding hydrogens is 1010 g/mol. The predicted octanol–water partition coefficient (Wildman–Crippen LogP) is 21.8. The topological polar surface area (TPSA) is 108 Å². The van der Waals surface area contributed by atoms with Crippen molar-refractivity contribution in [1.29, 1.82) is 0 Å². The minimum Gasteiger partial charge on any atom is -0.462 e. The van der Waals surface area contributed by atoms with Crippen LogP contribution in [0.5, 0.6) is 0 Å². The van der Waals surface area contributed by atoms with Crippen LogP contribution >= 0.6 is 7.82 Å². The summed E-state index contributed by atoms with van der Waals surface area (Å²) in [6, 6.07) is 0. The Kier molecular flexibility index (Phi) is 59.5. The van der Waals surface area contributed by atoms with Gasteiger partial charge in [-0.1, -0.05) is 331 Å².